The number of hydrogen-bond donors (Lipinski definition) is 0. The largest absolute Gasteiger partial charge is 0.459 e. The fourth-order valence-corrected chi connectivity index (χ4v) is 4.27. The molecule has 4 nitrogen and oxygen atoms in total. The average Bonchev–Trinajstić information content (AvgIpc) is 3.24. The Kier molecular flexibility index (Phi) is 5.71. The molecule has 0 saturated carbocycles. The summed E-state index contributed by atoms with van der Waals surface area (Å²) >= 11 is 5.07. The molecule has 0 aliphatic rings. The lowest BCUT2D eigenvalue weighted by molar-refractivity contribution is 0.0971. The molecule has 6 heteroatoms. The minimum absolute atomic E-state index is 0.262. The predicted octanol–water partition coefficient (Wildman–Crippen LogP) is 5.29. The van der Waals surface area contributed by atoms with Gasteiger partial charge < -0.3 is 8.98 Å². The zero-order valence-electron chi connectivity index (χ0n) is 14.2. The van der Waals surface area contributed by atoms with Gasteiger partial charge in [-0.1, -0.05) is 41.4 Å². The third kappa shape index (κ3) is 3.85. The van der Waals surface area contributed by atoms with E-state index in [1.165, 1.54) is 11.1 Å². The lowest BCUT2D eigenvalue weighted by Crippen LogP contribution is -2.17. The van der Waals surface area contributed by atoms with Gasteiger partial charge in [0, 0.05) is 15.9 Å². The molecular formula is C19H19BrN2O2S. The topological polar surface area (TPSA) is 47.5 Å². The highest BCUT2D eigenvalue weighted by Crippen LogP contribution is 2.28. The summed E-state index contributed by atoms with van der Waals surface area (Å²) in [6, 6.07) is 11.6. The maximum absolute atomic E-state index is 12.3. The molecule has 0 saturated heterocycles. The Bertz CT molecular complexity index is 921. The van der Waals surface area contributed by atoms with Gasteiger partial charge in [-0.25, -0.2) is 0 Å². The van der Waals surface area contributed by atoms with Crippen LogP contribution >= 0.6 is 27.3 Å². The smallest absolute Gasteiger partial charge is 0.315 e. The van der Waals surface area contributed by atoms with Crippen molar-refractivity contribution in [1.82, 2.24) is 4.57 Å². The minimum Gasteiger partial charge on any atom is -0.459 e. The lowest BCUT2D eigenvalue weighted by atomic mass is 10.1. The van der Waals surface area contributed by atoms with Crippen molar-refractivity contribution in [1.29, 1.82) is 0 Å². The molecule has 3 rings (SSSR count). The molecule has 130 valence electrons. The Morgan fingerprint density at radius 2 is 2.00 bits per heavy atom. The van der Waals surface area contributed by atoms with Crippen LogP contribution in [0.4, 0.5) is 0 Å². The molecule has 0 atom stereocenters. The van der Waals surface area contributed by atoms with Gasteiger partial charge in [0.2, 0.25) is 0 Å². The monoisotopic (exact) mass is 418 g/mol. The Hall–Kier alpha value is -1.92. The number of benzene rings is 1. The van der Waals surface area contributed by atoms with Crippen LogP contribution in [-0.2, 0) is 13.0 Å². The first-order valence-electron chi connectivity index (χ1n) is 8.25. The fraction of sp³-hybridized carbons (Fsp3) is 0.263. The van der Waals surface area contributed by atoms with Gasteiger partial charge in [0.05, 0.1) is 12.0 Å². The number of nitrogens with zero attached hydrogens (tertiary/aromatic N) is 2. The van der Waals surface area contributed by atoms with Crippen molar-refractivity contribution in [3.05, 3.63) is 62.6 Å². The maximum atomic E-state index is 12.3. The number of carbonyl (C=O) groups excluding carboxylic acids is 1. The molecular weight excluding hydrogens is 400 g/mol. The van der Waals surface area contributed by atoms with E-state index in [0.29, 0.717) is 4.80 Å². The van der Waals surface area contributed by atoms with Gasteiger partial charge in [0.25, 0.3) is 0 Å². The molecule has 0 aliphatic heterocycles. The minimum atomic E-state index is -0.348. The van der Waals surface area contributed by atoms with Crippen LogP contribution < -0.4 is 4.80 Å². The van der Waals surface area contributed by atoms with Crippen molar-refractivity contribution >= 4 is 33.2 Å². The van der Waals surface area contributed by atoms with Crippen LogP contribution in [0.1, 0.15) is 35.7 Å². The first kappa shape index (κ1) is 17.9. The van der Waals surface area contributed by atoms with Crippen LogP contribution in [-0.4, -0.2) is 10.5 Å². The Morgan fingerprint density at radius 1 is 1.24 bits per heavy atom. The second-order valence-corrected chi connectivity index (χ2v) is 7.53. The average molecular weight is 419 g/mol. The van der Waals surface area contributed by atoms with Crippen LogP contribution in [0.3, 0.4) is 0 Å². The summed E-state index contributed by atoms with van der Waals surface area (Å²) in [4.78, 5) is 18.6. The predicted molar refractivity (Wildman–Crippen MR) is 104 cm³/mol. The molecule has 3 aromatic rings. The van der Waals surface area contributed by atoms with Crippen LogP contribution in [0.15, 0.2) is 56.5 Å². The molecule has 0 N–H and O–H groups in total. The summed E-state index contributed by atoms with van der Waals surface area (Å²) in [6.45, 7) is 4.98. The van der Waals surface area contributed by atoms with Crippen LogP contribution in [0, 0.1) is 0 Å². The van der Waals surface area contributed by atoms with E-state index in [1.54, 1.807) is 23.5 Å². The summed E-state index contributed by atoms with van der Waals surface area (Å²) < 4.78 is 8.33. The molecule has 0 aliphatic carbocycles. The van der Waals surface area contributed by atoms with Gasteiger partial charge in [0.15, 0.2) is 10.6 Å². The number of hydrogen-bond acceptors (Lipinski definition) is 3. The van der Waals surface area contributed by atoms with E-state index < -0.39 is 0 Å². The van der Waals surface area contributed by atoms with E-state index in [4.69, 9.17) is 4.42 Å². The van der Waals surface area contributed by atoms with Crippen LogP contribution in [0.2, 0.25) is 0 Å². The number of rotatable bonds is 5. The molecule has 0 unspecified atom stereocenters. The molecule has 0 radical (unpaired) electrons. The second-order valence-electron chi connectivity index (χ2n) is 5.55. The van der Waals surface area contributed by atoms with E-state index in [9.17, 15) is 4.79 Å². The molecule has 0 spiro atoms. The third-order valence-corrected chi connectivity index (χ3v) is 5.49. The summed E-state index contributed by atoms with van der Waals surface area (Å²) in [7, 11) is 0. The summed E-state index contributed by atoms with van der Waals surface area (Å²) in [5.41, 5.74) is 2.28. The van der Waals surface area contributed by atoms with Gasteiger partial charge in [-0.15, -0.1) is 11.3 Å². The maximum Gasteiger partial charge on any atom is 0.315 e. The first-order valence-corrected chi connectivity index (χ1v) is 9.86. The van der Waals surface area contributed by atoms with E-state index in [0.717, 1.165) is 35.1 Å². The van der Waals surface area contributed by atoms with Crippen molar-refractivity contribution in [2.45, 2.75) is 33.2 Å². The normalized spacial score (nSPS) is 11.9. The molecule has 1 aromatic carbocycles. The lowest BCUT2D eigenvalue weighted by Gasteiger charge is -2.09. The second kappa shape index (κ2) is 7.97. The number of aromatic nitrogens is 1. The Labute approximate surface area is 159 Å². The van der Waals surface area contributed by atoms with E-state index >= 15 is 0 Å². The van der Waals surface area contributed by atoms with E-state index in [1.807, 2.05) is 12.1 Å². The van der Waals surface area contributed by atoms with Gasteiger partial charge in [-0.2, -0.15) is 4.99 Å². The molecule has 0 fully saturated rings. The SMILES string of the molecule is CCCc1sc(=NC(=O)c2ccco2)n(CC)c1-c1ccc(Br)cc1. The summed E-state index contributed by atoms with van der Waals surface area (Å²) in [6.07, 6.45) is 3.49. The van der Waals surface area contributed by atoms with E-state index in [-0.39, 0.29) is 11.7 Å². The first-order chi connectivity index (χ1) is 12.1. The number of thiazole rings is 1. The number of halogens is 1. The summed E-state index contributed by atoms with van der Waals surface area (Å²) in [5.74, 6) is -0.0860. The van der Waals surface area contributed by atoms with Crippen LogP contribution in [0.5, 0.6) is 0 Å². The third-order valence-electron chi connectivity index (χ3n) is 3.82. The molecule has 2 aromatic heterocycles. The molecule has 2 heterocycles. The summed E-state index contributed by atoms with van der Waals surface area (Å²) in [5, 5.41) is 0. The van der Waals surface area contributed by atoms with Crippen molar-refractivity contribution in [3.63, 3.8) is 0 Å². The van der Waals surface area contributed by atoms with Gasteiger partial charge in [-0.3, -0.25) is 4.79 Å². The van der Waals surface area contributed by atoms with Crippen LogP contribution in [0.25, 0.3) is 11.3 Å². The standard InChI is InChI=1S/C19H19BrN2O2S/c1-3-6-16-17(13-8-10-14(20)11-9-13)22(4-2)19(25-16)21-18(23)15-7-5-12-24-15/h5,7-12H,3-4,6H2,1-2H3. The Balaban J connectivity index is 2.15. The van der Waals surface area contributed by atoms with Crippen molar-refractivity contribution in [2.24, 2.45) is 4.99 Å². The van der Waals surface area contributed by atoms with Gasteiger partial charge in [-0.05, 0) is 43.2 Å². The number of amides is 1. The van der Waals surface area contributed by atoms with Crippen molar-refractivity contribution in [3.8, 4) is 11.3 Å². The van der Waals surface area contributed by atoms with Crippen molar-refractivity contribution < 1.29 is 9.21 Å². The fourth-order valence-electron chi connectivity index (χ4n) is 2.70. The number of carbonyl (C=O) groups is 1. The zero-order valence-corrected chi connectivity index (χ0v) is 16.6. The quantitative estimate of drug-likeness (QED) is 0.565. The Morgan fingerprint density at radius 3 is 2.60 bits per heavy atom. The number of aryl methyl sites for hydroxylation is 1. The zero-order chi connectivity index (χ0) is 17.8. The molecule has 25 heavy (non-hydrogen) atoms. The molecule has 1 amide bonds. The highest BCUT2D eigenvalue weighted by Gasteiger charge is 2.16. The highest BCUT2D eigenvalue weighted by molar-refractivity contribution is 9.10. The van der Waals surface area contributed by atoms with E-state index in [2.05, 4.69) is 51.5 Å². The van der Waals surface area contributed by atoms with Gasteiger partial charge in [0.1, 0.15) is 0 Å². The molecule has 0 bridgehead atoms. The number of furan rings is 1. The van der Waals surface area contributed by atoms with Crippen molar-refractivity contribution in [2.75, 3.05) is 0 Å². The highest BCUT2D eigenvalue weighted by atomic mass is 79.9. The van der Waals surface area contributed by atoms with Gasteiger partial charge >= 0.3 is 5.91 Å².